The molecule has 1 saturated heterocycles. The highest BCUT2D eigenvalue weighted by atomic mass is 32.2. The van der Waals surface area contributed by atoms with Crippen LogP contribution in [0.3, 0.4) is 0 Å². The van der Waals surface area contributed by atoms with Crippen LogP contribution in [0.4, 0.5) is 11.4 Å². The number of carbonyl (C=O) groups is 3. The summed E-state index contributed by atoms with van der Waals surface area (Å²) in [6.07, 6.45) is 10.3. The van der Waals surface area contributed by atoms with Gasteiger partial charge < -0.3 is 13.9 Å². The molecule has 1 unspecified atom stereocenters. The van der Waals surface area contributed by atoms with Gasteiger partial charge in [-0.2, -0.15) is 34.0 Å². The van der Waals surface area contributed by atoms with Crippen molar-refractivity contribution in [2.45, 2.75) is 98.7 Å². The van der Waals surface area contributed by atoms with Crippen LogP contribution < -0.4 is 9.08 Å². The standard InChI is InChI=1S/C45H47N3O16S4/c1-6-46-33-18-16-29-31(23-27(66(54,55)56)25-35(29)64-65(52)53)42(33)44(2,3)37(46)13-9-7-10-14-38-45(4,5)43-32-24-28(67(57,58)59)26-36(68(60,61)62)30(32)17-19-34(43)47(38)22-12-8-11-15-41(51)63-48-39(49)20-21-40(48)50/h7,9-10,13-14,16-19,23-26H,6,8,11-12,15,20-22H2,1-5H3,(H3-,52,53,54,55,56,57,58,59,60,61,62)/p+1. The highest BCUT2D eigenvalue weighted by molar-refractivity contribution is 7.87. The van der Waals surface area contributed by atoms with Crippen LogP contribution in [0.1, 0.15) is 84.3 Å². The van der Waals surface area contributed by atoms with Gasteiger partial charge in [-0.15, -0.1) is 5.06 Å². The maximum atomic E-state index is 12.6. The summed E-state index contributed by atoms with van der Waals surface area (Å²) in [7, 11) is -14.7. The number of rotatable bonds is 16. The zero-order valence-corrected chi connectivity index (χ0v) is 40.6. The summed E-state index contributed by atoms with van der Waals surface area (Å²) in [5.41, 5.74) is 2.24. The van der Waals surface area contributed by atoms with Crippen molar-refractivity contribution in [2.24, 2.45) is 0 Å². The summed E-state index contributed by atoms with van der Waals surface area (Å²) in [6.45, 7) is 10.3. The molecule has 4 aromatic rings. The summed E-state index contributed by atoms with van der Waals surface area (Å²) in [5, 5.41) is 1.39. The topological polar surface area (TPSA) is 280 Å². The van der Waals surface area contributed by atoms with Gasteiger partial charge in [-0.05, 0) is 92.4 Å². The molecule has 0 bridgehead atoms. The molecule has 19 nitrogen and oxygen atoms in total. The van der Waals surface area contributed by atoms with E-state index in [0.717, 1.165) is 23.5 Å². The average molecular weight is 1020 g/mol. The summed E-state index contributed by atoms with van der Waals surface area (Å²) in [6, 6.07) is 10.7. The fourth-order valence-corrected chi connectivity index (χ4v) is 11.5. The number of fused-ring (bicyclic) bond motifs is 6. The fraction of sp³-hybridized carbons (Fsp3) is 0.333. The molecule has 1 atom stereocenters. The minimum atomic E-state index is -4.99. The molecule has 4 aromatic carbocycles. The lowest BCUT2D eigenvalue weighted by Gasteiger charge is -2.26. The Hall–Kier alpha value is -5.66. The van der Waals surface area contributed by atoms with E-state index in [1.54, 1.807) is 36.4 Å². The van der Waals surface area contributed by atoms with E-state index in [-0.39, 0.29) is 35.8 Å². The number of hydroxylamine groups is 2. The Balaban J connectivity index is 1.24. The van der Waals surface area contributed by atoms with Crippen LogP contribution in [0.15, 0.2) is 99.3 Å². The smallest absolute Gasteiger partial charge is 0.357 e. The third-order valence-corrected chi connectivity index (χ3v) is 15.2. The Kier molecular flexibility index (Phi) is 13.5. The molecule has 4 N–H and O–H groups in total. The maximum absolute atomic E-state index is 12.6. The molecule has 68 heavy (non-hydrogen) atoms. The number of carbonyl (C=O) groups excluding carboxylic acids is 3. The number of amides is 2. The minimum absolute atomic E-state index is 0.0201. The Morgan fingerprint density at radius 2 is 1.38 bits per heavy atom. The maximum Gasteiger partial charge on any atom is 0.357 e. The molecule has 3 heterocycles. The Morgan fingerprint density at radius 3 is 1.99 bits per heavy atom. The molecule has 0 spiro atoms. The molecule has 0 aromatic heterocycles. The number of nitrogens with zero attached hydrogens (tertiary/aromatic N) is 3. The zero-order valence-electron chi connectivity index (χ0n) is 37.3. The third kappa shape index (κ3) is 9.53. The molecule has 3 aliphatic heterocycles. The van der Waals surface area contributed by atoms with E-state index in [1.807, 2.05) is 56.2 Å². The number of allylic oxidation sites excluding steroid dienone is 6. The first-order valence-corrected chi connectivity index (χ1v) is 26.5. The van der Waals surface area contributed by atoms with Gasteiger partial charge in [0, 0.05) is 83.6 Å². The van der Waals surface area contributed by atoms with Crippen LogP contribution in [0.2, 0.25) is 0 Å². The van der Waals surface area contributed by atoms with E-state index in [2.05, 4.69) is 0 Å². The van der Waals surface area contributed by atoms with Crippen molar-refractivity contribution in [3.8, 4) is 5.75 Å². The quantitative estimate of drug-likeness (QED) is 0.0229. The van der Waals surface area contributed by atoms with Crippen LogP contribution in [0, 0.1) is 0 Å². The van der Waals surface area contributed by atoms with Crippen LogP contribution in [0.5, 0.6) is 5.75 Å². The first kappa shape index (κ1) is 50.2. The molecule has 3 aliphatic rings. The zero-order chi connectivity index (χ0) is 49.9. The van der Waals surface area contributed by atoms with Crippen molar-refractivity contribution in [1.82, 2.24) is 5.06 Å². The predicted molar refractivity (Wildman–Crippen MR) is 250 cm³/mol. The van der Waals surface area contributed by atoms with Crippen molar-refractivity contribution in [1.29, 1.82) is 0 Å². The largest absolute Gasteiger partial charge is 0.379 e. The normalized spacial score (nSPS) is 18.2. The van der Waals surface area contributed by atoms with E-state index < -0.39 is 85.0 Å². The summed E-state index contributed by atoms with van der Waals surface area (Å²) >= 11 is -2.80. The summed E-state index contributed by atoms with van der Waals surface area (Å²) < 4.78 is 133. The Bertz CT molecular complexity index is 3320. The fourth-order valence-electron chi connectivity index (χ4n) is 9.40. The molecular weight excluding hydrogens is 967 g/mol. The lowest BCUT2D eigenvalue weighted by molar-refractivity contribution is -0.438. The van der Waals surface area contributed by atoms with Crippen molar-refractivity contribution in [3.63, 3.8) is 0 Å². The van der Waals surface area contributed by atoms with Gasteiger partial charge in [0.2, 0.25) is 5.69 Å². The van der Waals surface area contributed by atoms with E-state index in [9.17, 15) is 62.1 Å². The van der Waals surface area contributed by atoms with Gasteiger partial charge >= 0.3 is 17.3 Å². The molecule has 0 aliphatic carbocycles. The van der Waals surface area contributed by atoms with Crippen LogP contribution >= 0.6 is 0 Å². The van der Waals surface area contributed by atoms with Crippen LogP contribution in [-0.2, 0) is 71.8 Å². The van der Waals surface area contributed by atoms with Crippen molar-refractivity contribution in [2.75, 3.05) is 18.0 Å². The summed E-state index contributed by atoms with van der Waals surface area (Å²) in [4.78, 5) is 41.3. The first-order valence-electron chi connectivity index (χ1n) is 21.2. The highest BCUT2D eigenvalue weighted by Crippen LogP contribution is 2.52. The number of benzene rings is 4. The van der Waals surface area contributed by atoms with Crippen molar-refractivity contribution in [3.05, 3.63) is 95.7 Å². The Labute approximate surface area is 395 Å². The molecular formula is C45H48N3O16S4+. The molecule has 0 radical (unpaired) electrons. The predicted octanol–water partition coefficient (Wildman–Crippen LogP) is 6.61. The molecule has 362 valence electrons. The molecule has 1 fully saturated rings. The van der Waals surface area contributed by atoms with Crippen LogP contribution in [0.25, 0.3) is 21.5 Å². The minimum Gasteiger partial charge on any atom is -0.379 e. The lowest BCUT2D eigenvalue weighted by Crippen LogP contribution is -2.31. The van der Waals surface area contributed by atoms with Gasteiger partial charge in [0.05, 0.1) is 15.2 Å². The molecule has 0 saturated carbocycles. The molecule has 23 heteroatoms. The molecule has 2 amide bonds. The van der Waals surface area contributed by atoms with Gasteiger partial charge in [-0.1, -0.05) is 32.1 Å². The van der Waals surface area contributed by atoms with Crippen molar-refractivity contribution >= 4 is 98.1 Å². The summed E-state index contributed by atoms with van der Waals surface area (Å²) in [5.74, 6) is -2.13. The van der Waals surface area contributed by atoms with Gasteiger partial charge in [-0.25, -0.2) is 4.79 Å². The first-order chi connectivity index (χ1) is 31.7. The van der Waals surface area contributed by atoms with E-state index in [4.69, 9.17) is 9.02 Å². The second kappa shape index (κ2) is 18.3. The average Bonchev–Trinajstić information content (AvgIpc) is 3.76. The number of hydrogen-bond donors (Lipinski definition) is 4. The number of likely N-dealkylation sites (N-methyl/N-ethyl adjacent to an activating group) is 1. The van der Waals surface area contributed by atoms with E-state index >= 15 is 0 Å². The van der Waals surface area contributed by atoms with Crippen molar-refractivity contribution < 1.29 is 75.7 Å². The number of anilines is 1. The number of hydrogen-bond acceptors (Lipinski definition) is 13. The number of unbranched alkanes of at least 4 members (excludes halogenated alkanes) is 2. The van der Waals surface area contributed by atoms with Gasteiger partial charge in [0.25, 0.3) is 42.2 Å². The highest BCUT2D eigenvalue weighted by Gasteiger charge is 2.46. The number of imide groups is 1. The SMILES string of the molecule is CCN1C(=CC=CC=CC2=[N+](CCCCCC(=O)ON3C(=O)CCC3=O)c3ccc4c(S(=O)(=O)O)cc(S(=O)(=O)O)cc4c3C2(C)C)C(C)(C)c2c1ccc1c(OS(=O)O)cc(S(=O)(=O)O)cc21. The van der Waals surface area contributed by atoms with E-state index in [1.165, 1.54) is 12.1 Å². The lowest BCUT2D eigenvalue weighted by atomic mass is 9.79. The Morgan fingerprint density at radius 1 is 0.765 bits per heavy atom. The molecule has 7 rings (SSSR count). The monoisotopic (exact) mass is 1010 g/mol. The third-order valence-electron chi connectivity index (χ3n) is 12.3. The van der Waals surface area contributed by atoms with Gasteiger partial charge in [0.15, 0.2) is 11.5 Å². The van der Waals surface area contributed by atoms with Gasteiger partial charge in [-0.3, -0.25) is 27.8 Å². The van der Waals surface area contributed by atoms with Gasteiger partial charge in [0.1, 0.15) is 11.4 Å². The second-order valence-electron chi connectivity index (χ2n) is 17.4. The second-order valence-corrected chi connectivity index (χ2v) is 22.2. The van der Waals surface area contributed by atoms with Crippen LogP contribution in [-0.4, -0.2) is 93.9 Å². The van der Waals surface area contributed by atoms with E-state index in [0.29, 0.717) is 76.8 Å².